The Hall–Kier alpha value is -1.71. The van der Waals surface area contributed by atoms with Gasteiger partial charge < -0.3 is 15.8 Å². The molecule has 1 amide bonds. The summed E-state index contributed by atoms with van der Waals surface area (Å²) < 4.78 is 5.45. The lowest BCUT2D eigenvalue weighted by Crippen LogP contribution is -2.34. The third-order valence-electron chi connectivity index (χ3n) is 2.15. The number of anilines is 1. The van der Waals surface area contributed by atoms with Gasteiger partial charge in [0.2, 0.25) is 0 Å². The van der Waals surface area contributed by atoms with E-state index >= 15 is 0 Å². The van der Waals surface area contributed by atoms with Crippen molar-refractivity contribution in [1.29, 1.82) is 0 Å². The maximum absolute atomic E-state index is 11.7. The number of nitrogens with one attached hydrogen (secondary N) is 1. The lowest BCUT2D eigenvalue weighted by atomic mass is 10.1. The summed E-state index contributed by atoms with van der Waals surface area (Å²) in [4.78, 5) is 11.7. The van der Waals surface area contributed by atoms with Crippen molar-refractivity contribution in [2.45, 2.75) is 13.0 Å². The summed E-state index contributed by atoms with van der Waals surface area (Å²) in [7, 11) is 0. The third-order valence-corrected chi connectivity index (χ3v) is 2.15. The van der Waals surface area contributed by atoms with Gasteiger partial charge in [0.05, 0.1) is 6.04 Å². The number of nitrogens with two attached hydrogens (primary N) is 1. The predicted molar refractivity (Wildman–Crippen MR) is 53.3 cm³/mol. The molecule has 3 N–H and O–H groups in total. The van der Waals surface area contributed by atoms with Crippen molar-refractivity contribution in [3.8, 4) is 5.75 Å². The lowest BCUT2D eigenvalue weighted by molar-refractivity contribution is 0.0943. The quantitative estimate of drug-likeness (QED) is 0.597. The number of nitrogen functional groups attached to an aromatic ring is 1. The molecule has 0 aromatic heterocycles. The van der Waals surface area contributed by atoms with Crippen LogP contribution < -0.4 is 15.8 Å². The Kier molecular flexibility index (Phi) is 2.04. The summed E-state index contributed by atoms with van der Waals surface area (Å²) in [6.45, 7) is 2.36. The fourth-order valence-corrected chi connectivity index (χ4v) is 1.46. The Morgan fingerprint density at radius 2 is 2.36 bits per heavy atom. The SMILES string of the molecule is CC1COc2cccc(N)c2C(=O)N1. The Bertz CT molecular complexity index is 376. The average Bonchev–Trinajstić information content (AvgIpc) is 2.27. The standard InChI is InChI=1S/C10H12N2O2/c1-6-5-14-8-4-2-3-7(11)9(8)10(13)12-6/h2-4,6H,5,11H2,1H3,(H,12,13). The molecule has 0 aliphatic carbocycles. The molecule has 0 spiro atoms. The van der Waals surface area contributed by atoms with E-state index in [0.29, 0.717) is 23.6 Å². The Morgan fingerprint density at radius 1 is 1.57 bits per heavy atom. The van der Waals surface area contributed by atoms with Crippen molar-refractivity contribution in [2.75, 3.05) is 12.3 Å². The molecule has 1 aliphatic rings. The van der Waals surface area contributed by atoms with Crippen LogP contribution in [0.15, 0.2) is 18.2 Å². The van der Waals surface area contributed by atoms with Crippen LogP contribution in [0.4, 0.5) is 5.69 Å². The van der Waals surface area contributed by atoms with Gasteiger partial charge in [-0.2, -0.15) is 0 Å². The highest BCUT2D eigenvalue weighted by Gasteiger charge is 2.21. The van der Waals surface area contributed by atoms with Crippen LogP contribution in [0.5, 0.6) is 5.75 Å². The maximum Gasteiger partial charge on any atom is 0.257 e. The van der Waals surface area contributed by atoms with Crippen molar-refractivity contribution < 1.29 is 9.53 Å². The minimum Gasteiger partial charge on any atom is -0.491 e. The van der Waals surface area contributed by atoms with E-state index in [-0.39, 0.29) is 11.9 Å². The monoisotopic (exact) mass is 192 g/mol. The first-order valence-corrected chi connectivity index (χ1v) is 4.50. The number of carbonyl (C=O) groups excluding carboxylic acids is 1. The van der Waals surface area contributed by atoms with E-state index in [4.69, 9.17) is 10.5 Å². The van der Waals surface area contributed by atoms with E-state index in [9.17, 15) is 4.79 Å². The minimum absolute atomic E-state index is 0.00861. The molecule has 4 nitrogen and oxygen atoms in total. The Balaban J connectivity index is 2.49. The van der Waals surface area contributed by atoms with Gasteiger partial charge in [0.1, 0.15) is 17.9 Å². The predicted octanol–water partition coefficient (Wildman–Crippen LogP) is 0.780. The second-order valence-corrected chi connectivity index (χ2v) is 3.41. The molecule has 1 heterocycles. The van der Waals surface area contributed by atoms with Gasteiger partial charge >= 0.3 is 0 Å². The number of amides is 1. The van der Waals surface area contributed by atoms with Gasteiger partial charge in [-0.1, -0.05) is 6.07 Å². The molecular formula is C10H12N2O2. The van der Waals surface area contributed by atoms with Crippen molar-refractivity contribution >= 4 is 11.6 Å². The molecule has 1 aromatic carbocycles. The van der Waals surface area contributed by atoms with Gasteiger partial charge in [-0.15, -0.1) is 0 Å². The van der Waals surface area contributed by atoms with Gasteiger partial charge in [-0.05, 0) is 19.1 Å². The van der Waals surface area contributed by atoms with E-state index in [0.717, 1.165) is 0 Å². The first kappa shape index (κ1) is 8.87. The molecule has 1 unspecified atom stereocenters. The molecule has 1 atom stereocenters. The average molecular weight is 192 g/mol. The van der Waals surface area contributed by atoms with Crippen LogP contribution in [0.3, 0.4) is 0 Å². The zero-order valence-corrected chi connectivity index (χ0v) is 7.91. The van der Waals surface area contributed by atoms with E-state index in [1.165, 1.54) is 0 Å². The summed E-state index contributed by atoms with van der Waals surface area (Å²) in [5.41, 5.74) is 6.60. The number of carbonyl (C=O) groups is 1. The number of rotatable bonds is 0. The molecule has 14 heavy (non-hydrogen) atoms. The molecule has 0 saturated carbocycles. The van der Waals surface area contributed by atoms with Crippen molar-refractivity contribution in [3.63, 3.8) is 0 Å². The fourth-order valence-electron chi connectivity index (χ4n) is 1.46. The summed E-state index contributed by atoms with van der Waals surface area (Å²) in [5, 5.41) is 2.79. The molecule has 1 aromatic rings. The van der Waals surface area contributed by atoms with E-state index < -0.39 is 0 Å². The topological polar surface area (TPSA) is 64.3 Å². The fraction of sp³-hybridized carbons (Fsp3) is 0.300. The molecule has 0 bridgehead atoms. The number of fused-ring (bicyclic) bond motifs is 1. The molecule has 2 rings (SSSR count). The molecule has 1 aliphatic heterocycles. The van der Waals surface area contributed by atoms with Gasteiger partial charge in [0, 0.05) is 5.69 Å². The van der Waals surface area contributed by atoms with E-state index in [2.05, 4.69) is 5.32 Å². The molecule has 0 fully saturated rings. The van der Waals surface area contributed by atoms with Crippen LogP contribution in [0.2, 0.25) is 0 Å². The van der Waals surface area contributed by atoms with Gasteiger partial charge in [0.25, 0.3) is 5.91 Å². The van der Waals surface area contributed by atoms with Gasteiger partial charge in [0.15, 0.2) is 0 Å². The van der Waals surface area contributed by atoms with Crippen molar-refractivity contribution in [3.05, 3.63) is 23.8 Å². The second kappa shape index (κ2) is 3.21. The van der Waals surface area contributed by atoms with Crippen LogP contribution in [0.25, 0.3) is 0 Å². The molecule has 74 valence electrons. The number of ether oxygens (including phenoxy) is 1. The molecule has 4 heteroatoms. The molecule has 0 saturated heterocycles. The van der Waals surface area contributed by atoms with Crippen LogP contribution >= 0.6 is 0 Å². The summed E-state index contributed by atoms with van der Waals surface area (Å²) in [5.74, 6) is 0.398. The normalized spacial score (nSPS) is 20.4. The summed E-state index contributed by atoms with van der Waals surface area (Å²) in [6.07, 6.45) is 0. The Morgan fingerprint density at radius 3 is 3.14 bits per heavy atom. The maximum atomic E-state index is 11.7. The zero-order valence-electron chi connectivity index (χ0n) is 7.91. The summed E-state index contributed by atoms with van der Waals surface area (Å²) in [6, 6.07) is 5.23. The van der Waals surface area contributed by atoms with Crippen molar-refractivity contribution in [1.82, 2.24) is 5.32 Å². The first-order chi connectivity index (χ1) is 6.68. The van der Waals surface area contributed by atoms with E-state index in [1.54, 1.807) is 18.2 Å². The number of hydrogen-bond acceptors (Lipinski definition) is 3. The lowest BCUT2D eigenvalue weighted by Gasteiger charge is -2.07. The van der Waals surface area contributed by atoms with Crippen LogP contribution in [-0.4, -0.2) is 18.6 Å². The number of hydrogen-bond donors (Lipinski definition) is 2. The van der Waals surface area contributed by atoms with Gasteiger partial charge in [-0.3, -0.25) is 4.79 Å². The summed E-state index contributed by atoms with van der Waals surface area (Å²) >= 11 is 0. The third kappa shape index (κ3) is 1.39. The van der Waals surface area contributed by atoms with Gasteiger partial charge in [-0.25, -0.2) is 0 Å². The van der Waals surface area contributed by atoms with Crippen LogP contribution in [-0.2, 0) is 0 Å². The largest absolute Gasteiger partial charge is 0.491 e. The zero-order chi connectivity index (χ0) is 10.1. The molecule has 0 radical (unpaired) electrons. The van der Waals surface area contributed by atoms with Crippen LogP contribution in [0, 0.1) is 0 Å². The second-order valence-electron chi connectivity index (χ2n) is 3.41. The highest BCUT2D eigenvalue weighted by atomic mass is 16.5. The highest BCUT2D eigenvalue weighted by molar-refractivity contribution is 6.02. The van der Waals surface area contributed by atoms with E-state index in [1.807, 2.05) is 6.92 Å². The molecular weight excluding hydrogens is 180 g/mol. The number of benzene rings is 1. The Labute approximate surface area is 82.1 Å². The first-order valence-electron chi connectivity index (χ1n) is 4.50. The van der Waals surface area contributed by atoms with Crippen molar-refractivity contribution in [2.24, 2.45) is 0 Å². The smallest absolute Gasteiger partial charge is 0.257 e. The highest BCUT2D eigenvalue weighted by Crippen LogP contribution is 2.26. The minimum atomic E-state index is -0.164. The van der Waals surface area contributed by atoms with Crippen LogP contribution in [0.1, 0.15) is 17.3 Å².